The van der Waals surface area contributed by atoms with Crippen LogP contribution >= 0.6 is 0 Å². The van der Waals surface area contributed by atoms with E-state index in [1.165, 1.54) is 23.9 Å². The molecule has 2 aromatic carbocycles. The summed E-state index contributed by atoms with van der Waals surface area (Å²) in [5.41, 5.74) is 5.48. The number of hydrogen-bond acceptors (Lipinski definition) is 3. The van der Waals surface area contributed by atoms with Gasteiger partial charge in [-0.2, -0.15) is 0 Å². The van der Waals surface area contributed by atoms with Crippen molar-refractivity contribution in [3.8, 4) is 11.3 Å². The Morgan fingerprint density at radius 1 is 1.12 bits per heavy atom. The molecule has 3 aromatic rings. The predicted octanol–water partition coefficient (Wildman–Crippen LogP) is 5.15. The fourth-order valence-electron chi connectivity index (χ4n) is 2.60. The fourth-order valence-corrected chi connectivity index (χ4v) is 2.60. The molecular formula is C22H24IrNO2-. The molecule has 3 nitrogen and oxygen atoms in total. The number of aliphatic hydroxyl groups is 2. The van der Waals surface area contributed by atoms with Crippen molar-refractivity contribution in [1.29, 1.82) is 0 Å². The molecule has 0 aliphatic rings. The number of aliphatic hydroxyl groups excluding tert-OH is 2. The van der Waals surface area contributed by atoms with E-state index in [0.29, 0.717) is 0 Å². The SMILES string of the molecule is CC(O)=CC(C)O.Cc1[c-]c(-c2ccc3ccccc3n2)cc(C)c1.[Ir]. The Labute approximate surface area is 168 Å². The number of hydrogen-bond donors (Lipinski definition) is 2. The zero-order chi connectivity index (χ0) is 18.4. The second-order valence-corrected chi connectivity index (χ2v) is 6.19. The van der Waals surface area contributed by atoms with Crippen LogP contribution in [0.15, 0.2) is 60.4 Å². The Bertz CT molecular complexity index is 864. The molecule has 2 N–H and O–H groups in total. The molecule has 3 rings (SSSR count). The van der Waals surface area contributed by atoms with Crippen LogP contribution in [0.25, 0.3) is 22.2 Å². The number of aryl methyl sites for hydroxylation is 2. The number of nitrogens with zero attached hydrogens (tertiary/aromatic N) is 1. The van der Waals surface area contributed by atoms with E-state index in [-0.39, 0.29) is 25.9 Å². The average Bonchev–Trinajstić information content (AvgIpc) is 2.53. The summed E-state index contributed by atoms with van der Waals surface area (Å²) in [6.45, 7) is 7.27. The number of aromatic nitrogens is 1. The van der Waals surface area contributed by atoms with Gasteiger partial charge in [0.2, 0.25) is 0 Å². The van der Waals surface area contributed by atoms with Crippen LogP contribution < -0.4 is 0 Å². The molecule has 0 fully saturated rings. The average molecular weight is 527 g/mol. The van der Waals surface area contributed by atoms with Crippen molar-refractivity contribution in [2.45, 2.75) is 33.8 Å². The van der Waals surface area contributed by atoms with Crippen LogP contribution in [0.4, 0.5) is 0 Å². The van der Waals surface area contributed by atoms with E-state index >= 15 is 0 Å². The number of para-hydroxylation sites is 1. The number of allylic oxidation sites excluding steroid dienone is 1. The van der Waals surface area contributed by atoms with E-state index in [4.69, 9.17) is 15.2 Å². The molecule has 0 bridgehead atoms. The number of pyridine rings is 1. The van der Waals surface area contributed by atoms with Gasteiger partial charge in [0.25, 0.3) is 0 Å². The minimum Gasteiger partial charge on any atom is -0.513 e. The van der Waals surface area contributed by atoms with Crippen LogP contribution in [0.1, 0.15) is 25.0 Å². The topological polar surface area (TPSA) is 53.4 Å². The maximum atomic E-state index is 8.49. The summed E-state index contributed by atoms with van der Waals surface area (Å²) in [6, 6.07) is 20.0. The normalized spacial score (nSPS) is 12.0. The molecular weight excluding hydrogens is 502 g/mol. The largest absolute Gasteiger partial charge is 0.513 e. The summed E-state index contributed by atoms with van der Waals surface area (Å²) in [5, 5.41) is 18.1. The minimum absolute atomic E-state index is 0. The summed E-state index contributed by atoms with van der Waals surface area (Å²) in [5.74, 6) is 0.162. The van der Waals surface area contributed by atoms with E-state index < -0.39 is 6.10 Å². The zero-order valence-electron chi connectivity index (χ0n) is 15.4. The maximum Gasteiger partial charge on any atom is 0.0877 e. The summed E-state index contributed by atoms with van der Waals surface area (Å²) >= 11 is 0. The Kier molecular flexibility index (Phi) is 8.67. The van der Waals surface area contributed by atoms with Crippen molar-refractivity contribution in [2.75, 3.05) is 0 Å². The first-order valence-electron chi connectivity index (χ1n) is 8.27. The number of rotatable bonds is 2. The maximum absolute atomic E-state index is 8.49. The molecule has 1 heterocycles. The van der Waals surface area contributed by atoms with Gasteiger partial charge in [-0.05, 0) is 37.1 Å². The summed E-state index contributed by atoms with van der Waals surface area (Å²) in [4.78, 5) is 4.70. The van der Waals surface area contributed by atoms with Crippen molar-refractivity contribution in [1.82, 2.24) is 4.98 Å². The smallest absolute Gasteiger partial charge is 0.0877 e. The van der Waals surface area contributed by atoms with Crippen LogP contribution in [-0.4, -0.2) is 21.3 Å². The van der Waals surface area contributed by atoms with Crippen molar-refractivity contribution in [2.24, 2.45) is 0 Å². The Balaban J connectivity index is 0.000000366. The molecule has 139 valence electrons. The quantitative estimate of drug-likeness (QED) is 0.359. The molecule has 26 heavy (non-hydrogen) atoms. The summed E-state index contributed by atoms with van der Waals surface area (Å²) < 4.78 is 0. The second kappa shape index (κ2) is 10.2. The molecule has 0 amide bonds. The molecule has 1 unspecified atom stereocenters. The first-order valence-corrected chi connectivity index (χ1v) is 8.27. The van der Waals surface area contributed by atoms with E-state index in [0.717, 1.165) is 22.3 Å². The van der Waals surface area contributed by atoms with Gasteiger partial charge in [0.15, 0.2) is 0 Å². The zero-order valence-corrected chi connectivity index (χ0v) is 17.8. The van der Waals surface area contributed by atoms with Crippen LogP contribution in [0.3, 0.4) is 0 Å². The molecule has 0 spiro atoms. The van der Waals surface area contributed by atoms with E-state index in [9.17, 15) is 0 Å². The molecule has 4 heteroatoms. The van der Waals surface area contributed by atoms with Gasteiger partial charge in [-0.3, -0.25) is 4.98 Å². The minimum atomic E-state index is -0.537. The van der Waals surface area contributed by atoms with Gasteiger partial charge in [-0.15, -0.1) is 34.9 Å². The van der Waals surface area contributed by atoms with Gasteiger partial charge in [0.1, 0.15) is 0 Å². The van der Waals surface area contributed by atoms with Crippen LogP contribution in [0, 0.1) is 19.9 Å². The van der Waals surface area contributed by atoms with Crippen LogP contribution in [0.5, 0.6) is 0 Å². The van der Waals surface area contributed by atoms with Gasteiger partial charge in [-0.1, -0.05) is 44.2 Å². The monoisotopic (exact) mass is 527 g/mol. The fraction of sp³-hybridized carbons (Fsp3) is 0.227. The van der Waals surface area contributed by atoms with Crippen LogP contribution in [0.2, 0.25) is 0 Å². The van der Waals surface area contributed by atoms with Gasteiger partial charge < -0.3 is 10.2 Å². The third kappa shape index (κ3) is 6.72. The summed E-state index contributed by atoms with van der Waals surface area (Å²) in [6.07, 6.45) is 0.824. The Morgan fingerprint density at radius 2 is 1.81 bits per heavy atom. The molecule has 1 atom stereocenters. The Hall–Kier alpha value is -2.00. The first-order chi connectivity index (χ1) is 11.8. The van der Waals surface area contributed by atoms with Gasteiger partial charge in [0, 0.05) is 20.1 Å². The van der Waals surface area contributed by atoms with Gasteiger partial charge in [-0.25, -0.2) is 0 Å². The van der Waals surface area contributed by atoms with Crippen molar-refractivity contribution >= 4 is 10.9 Å². The molecule has 0 saturated carbocycles. The van der Waals surface area contributed by atoms with Crippen molar-refractivity contribution < 1.29 is 30.3 Å². The third-order valence-corrected chi connectivity index (χ3v) is 3.50. The third-order valence-electron chi connectivity index (χ3n) is 3.50. The van der Waals surface area contributed by atoms with Crippen molar-refractivity contribution in [3.63, 3.8) is 0 Å². The summed E-state index contributed by atoms with van der Waals surface area (Å²) in [7, 11) is 0. The number of fused-ring (bicyclic) bond motifs is 1. The molecule has 0 aliphatic carbocycles. The second-order valence-electron chi connectivity index (χ2n) is 6.19. The Morgan fingerprint density at radius 3 is 2.38 bits per heavy atom. The van der Waals surface area contributed by atoms with Gasteiger partial charge >= 0.3 is 0 Å². The molecule has 0 saturated heterocycles. The van der Waals surface area contributed by atoms with Gasteiger partial charge in [0.05, 0.1) is 17.4 Å². The molecule has 1 aromatic heterocycles. The predicted molar refractivity (Wildman–Crippen MR) is 104 cm³/mol. The molecule has 1 radical (unpaired) electrons. The molecule has 0 aliphatic heterocycles. The van der Waals surface area contributed by atoms with E-state index in [1.54, 1.807) is 6.92 Å². The van der Waals surface area contributed by atoms with E-state index in [1.807, 2.05) is 18.2 Å². The van der Waals surface area contributed by atoms with Crippen LogP contribution in [-0.2, 0) is 20.1 Å². The number of benzene rings is 2. The van der Waals surface area contributed by atoms with E-state index in [2.05, 4.69) is 50.2 Å². The first kappa shape index (κ1) is 22.0. The standard InChI is InChI=1S/C17H14N.C5H10O2.Ir/c1-12-9-13(2)11-15(10-12)17-8-7-14-5-3-4-6-16(14)18-17;1-4(6)3-5(2)7;/h3-10H,1-2H3;3-4,6-7H,1-2H3;/q-1;;. The van der Waals surface area contributed by atoms with Crippen molar-refractivity contribution in [3.05, 3.63) is 77.6 Å².